The number of methoxy groups -OCH3 is 1. The van der Waals surface area contributed by atoms with Crippen molar-refractivity contribution in [3.63, 3.8) is 0 Å². The van der Waals surface area contributed by atoms with Gasteiger partial charge in [-0.15, -0.1) is 0 Å². The fourth-order valence-corrected chi connectivity index (χ4v) is 3.93. The number of sulfonamides is 1. The van der Waals surface area contributed by atoms with Crippen molar-refractivity contribution in [2.75, 3.05) is 7.11 Å². The summed E-state index contributed by atoms with van der Waals surface area (Å²) in [5.41, 5.74) is 0. The minimum absolute atomic E-state index is 0.235. The quantitative estimate of drug-likeness (QED) is 0.857. The Morgan fingerprint density at radius 3 is 2.45 bits per heavy atom. The van der Waals surface area contributed by atoms with Gasteiger partial charge in [-0.3, -0.25) is 4.79 Å². The van der Waals surface area contributed by atoms with E-state index in [-0.39, 0.29) is 11.8 Å². The molecule has 0 atom stereocenters. The Labute approximate surface area is 128 Å². The number of carbonyl (C=O) groups is 1. The summed E-state index contributed by atoms with van der Waals surface area (Å²) in [7, 11) is -2.62. The molecule has 0 amide bonds. The lowest BCUT2D eigenvalue weighted by molar-refractivity contribution is -0.142. The Balaban J connectivity index is 2.07. The molecule has 22 heavy (non-hydrogen) atoms. The van der Waals surface area contributed by atoms with E-state index in [1.54, 1.807) is 0 Å². The van der Waals surface area contributed by atoms with E-state index >= 15 is 0 Å². The molecule has 1 fully saturated rings. The Hall–Kier alpha value is -1.67. The van der Waals surface area contributed by atoms with Crippen LogP contribution in [0.5, 0.6) is 5.75 Å². The van der Waals surface area contributed by atoms with Crippen LogP contribution in [0.4, 0.5) is 4.39 Å². The van der Waals surface area contributed by atoms with Gasteiger partial charge in [0.15, 0.2) is 0 Å². The van der Waals surface area contributed by atoms with Crippen molar-refractivity contribution in [1.29, 1.82) is 0 Å². The van der Waals surface area contributed by atoms with E-state index in [0.717, 1.165) is 12.1 Å². The van der Waals surface area contributed by atoms with E-state index in [2.05, 4.69) is 4.72 Å². The lowest BCUT2D eigenvalue weighted by Crippen LogP contribution is -2.39. The van der Waals surface area contributed by atoms with Crippen LogP contribution in [0.1, 0.15) is 25.7 Å². The fraction of sp³-hybridized carbons (Fsp3) is 0.500. The summed E-state index contributed by atoms with van der Waals surface area (Å²) in [6.45, 7) is 0. The van der Waals surface area contributed by atoms with E-state index in [4.69, 9.17) is 9.84 Å². The molecular weight excluding hydrogens is 313 g/mol. The van der Waals surface area contributed by atoms with Crippen molar-refractivity contribution < 1.29 is 27.4 Å². The summed E-state index contributed by atoms with van der Waals surface area (Å²) < 4.78 is 45.6. The summed E-state index contributed by atoms with van der Waals surface area (Å²) in [4.78, 5) is 10.4. The molecular formula is C14H18FNO5S. The van der Waals surface area contributed by atoms with Gasteiger partial charge in [-0.05, 0) is 37.8 Å². The first-order valence-corrected chi connectivity index (χ1v) is 8.40. The summed E-state index contributed by atoms with van der Waals surface area (Å²) in [5.74, 6) is -1.94. The average Bonchev–Trinajstić information content (AvgIpc) is 2.46. The molecule has 1 aromatic rings. The van der Waals surface area contributed by atoms with Gasteiger partial charge in [0.2, 0.25) is 10.0 Å². The zero-order chi connectivity index (χ0) is 16.3. The topological polar surface area (TPSA) is 92.7 Å². The first kappa shape index (κ1) is 16.7. The number of nitrogens with one attached hydrogen (secondary N) is 1. The van der Waals surface area contributed by atoms with Crippen LogP contribution in [-0.4, -0.2) is 32.6 Å². The van der Waals surface area contributed by atoms with Gasteiger partial charge in [-0.2, -0.15) is 0 Å². The molecule has 0 heterocycles. The highest BCUT2D eigenvalue weighted by molar-refractivity contribution is 7.89. The molecule has 0 saturated heterocycles. The zero-order valence-corrected chi connectivity index (χ0v) is 12.9. The number of carboxylic acid groups (broad SMARTS) is 1. The normalized spacial score (nSPS) is 22.3. The molecule has 6 nitrogen and oxygen atoms in total. The molecule has 1 aromatic carbocycles. The van der Waals surface area contributed by atoms with E-state index in [0.29, 0.717) is 25.7 Å². The molecule has 1 aliphatic rings. The molecule has 122 valence electrons. The third-order valence-corrected chi connectivity index (χ3v) is 5.38. The number of benzene rings is 1. The number of carboxylic acids is 1. The molecule has 1 saturated carbocycles. The smallest absolute Gasteiger partial charge is 0.306 e. The Morgan fingerprint density at radius 1 is 1.32 bits per heavy atom. The standard InChI is InChI=1S/C14H18FNO5S/c1-21-11-6-7-13(12(15)8-11)22(19,20)16-10-4-2-9(3-5-10)14(17)18/h6-10,16H,2-5H2,1H3,(H,17,18). The molecule has 0 spiro atoms. The first-order chi connectivity index (χ1) is 10.3. The Morgan fingerprint density at radius 2 is 1.95 bits per heavy atom. The van der Waals surface area contributed by atoms with Crippen molar-refractivity contribution in [3.8, 4) is 5.75 Å². The first-order valence-electron chi connectivity index (χ1n) is 6.92. The second-order valence-corrected chi connectivity index (χ2v) is 6.99. The predicted octanol–water partition coefficient (Wildman–Crippen LogP) is 1.76. The lowest BCUT2D eigenvalue weighted by Gasteiger charge is -2.26. The molecule has 0 aliphatic heterocycles. The summed E-state index contributed by atoms with van der Waals surface area (Å²) in [6, 6.07) is 3.16. The van der Waals surface area contributed by atoms with Crippen LogP contribution in [-0.2, 0) is 14.8 Å². The molecule has 2 N–H and O–H groups in total. The molecule has 0 aromatic heterocycles. The van der Waals surface area contributed by atoms with Gasteiger partial charge < -0.3 is 9.84 Å². The second-order valence-electron chi connectivity index (χ2n) is 5.30. The van der Waals surface area contributed by atoms with Crippen LogP contribution < -0.4 is 9.46 Å². The van der Waals surface area contributed by atoms with Gasteiger partial charge in [0.25, 0.3) is 0 Å². The van der Waals surface area contributed by atoms with Crippen molar-refractivity contribution in [2.24, 2.45) is 5.92 Å². The van der Waals surface area contributed by atoms with Crippen molar-refractivity contribution in [3.05, 3.63) is 24.0 Å². The molecule has 0 bridgehead atoms. The van der Waals surface area contributed by atoms with E-state index in [1.165, 1.54) is 13.2 Å². The molecule has 1 aliphatic carbocycles. The fourth-order valence-electron chi connectivity index (χ4n) is 2.57. The van der Waals surface area contributed by atoms with Crippen LogP contribution in [0.25, 0.3) is 0 Å². The van der Waals surface area contributed by atoms with Gasteiger partial charge in [-0.25, -0.2) is 17.5 Å². The molecule has 0 unspecified atom stereocenters. The third kappa shape index (κ3) is 3.75. The highest BCUT2D eigenvalue weighted by Crippen LogP contribution is 2.26. The van der Waals surface area contributed by atoms with Gasteiger partial charge in [0.05, 0.1) is 13.0 Å². The van der Waals surface area contributed by atoms with Crippen molar-refractivity contribution in [1.82, 2.24) is 4.72 Å². The number of aliphatic carboxylic acids is 1. The Bertz CT molecular complexity index is 653. The van der Waals surface area contributed by atoms with Gasteiger partial charge >= 0.3 is 5.97 Å². The number of rotatable bonds is 5. The number of hydrogen-bond donors (Lipinski definition) is 2. The van der Waals surface area contributed by atoms with Crippen LogP contribution in [0.15, 0.2) is 23.1 Å². The van der Waals surface area contributed by atoms with Gasteiger partial charge in [0, 0.05) is 12.1 Å². The second kappa shape index (κ2) is 6.62. The van der Waals surface area contributed by atoms with Crippen LogP contribution in [0, 0.1) is 11.7 Å². The van der Waals surface area contributed by atoms with Crippen molar-refractivity contribution in [2.45, 2.75) is 36.6 Å². The largest absolute Gasteiger partial charge is 0.497 e. The highest BCUT2D eigenvalue weighted by Gasteiger charge is 2.29. The maximum absolute atomic E-state index is 13.9. The summed E-state index contributed by atoms with van der Waals surface area (Å²) in [6.07, 6.45) is 1.67. The van der Waals surface area contributed by atoms with Crippen LogP contribution in [0.2, 0.25) is 0 Å². The van der Waals surface area contributed by atoms with Gasteiger partial charge in [-0.1, -0.05) is 0 Å². The van der Waals surface area contributed by atoms with Crippen LogP contribution >= 0.6 is 0 Å². The summed E-state index contributed by atoms with van der Waals surface area (Å²) in [5, 5.41) is 8.92. The van der Waals surface area contributed by atoms with E-state index in [1.807, 2.05) is 0 Å². The van der Waals surface area contributed by atoms with E-state index < -0.39 is 32.6 Å². The summed E-state index contributed by atoms with van der Waals surface area (Å²) >= 11 is 0. The molecule has 0 radical (unpaired) electrons. The monoisotopic (exact) mass is 331 g/mol. The maximum atomic E-state index is 13.9. The predicted molar refractivity (Wildman–Crippen MR) is 76.7 cm³/mol. The minimum atomic E-state index is -3.98. The number of halogens is 1. The average molecular weight is 331 g/mol. The van der Waals surface area contributed by atoms with Gasteiger partial charge in [0.1, 0.15) is 16.5 Å². The van der Waals surface area contributed by atoms with Crippen molar-refractivity contribution >= 4 is 16.0 Å². The molecule has 2 rings (SSSR count). The van der Waals surface area contributed by atoms with E-state index in [9.17, 15) is 17.6 Å². The maximum Gasteiger partial charge on any atom is 0.306 e. The molecule has 8 heteroatoms. The van der Waals surface area contributed by atoms with Crippen LogP contribution in [0.3, 0.4) is 0 Å². The number of hydrogen-bond acceptors (Lipinski definition) is 4. The number of ether oxygens (including phenoxy) is 1. The third-order valence-electron chi connectivity index (χ3n) is 3.83. The SMILES string of the molecule is COc1ccc(S(=O)(=O)NC2CCC(C(=O)O)CC2)c(F)c1. The highest BCUT2D eigenvalue weighted by atomic mass is 32.2. The minimum Gasteiger partial charge on any atom is -0.497 e. The Kier molecular flexibility index (Phi) is 5.02. The lowest BCUT2D eigenvalue weighted by atomic mass is 9.87. The zero-order valence-electron chi connectivity index (χ0n) is 12.1.